The molecule has 0 spiro atoms. The molecule has 16 heavy (non-hydrogen) atoms. The summed E-state index contributed by atoms with van der Waals surface area (Å²) in [7, 11) is 0. The van der Waals surface area contributed by atoms with Crippen molar-refractivity contribution in [1.29, 1.82) is 0 Å². The Kier molecular flexibility index (Phi) is 3.22. The molecule has 0 saturated carbocycles. The zero-order valence-electron chi connectivity index (χ0n) is 8.56. The first kappa shape index (κ1) is 10.7. The van der Waals surface area contributed by atoms with Gasteiger partial charge in [-0.2, -0.15) is 0 Å². The molecule has 80 valence electrons. The Balaban J connectivity index is 2.32. The highest BCUT2D eigenvalue weighted by Crippen LogP contribution is 2.24. The summed E-state index contributed by atoms with van der Waals surface area (Å²) in [6, 6.07) is 5.42. The standard InChI is InChI=1S/C13H10ClNO/c1-2-3-4-12-9-16-13-6-5-11(14)7-10(13)8-15-12/h2-9H,1H2/b4-3-. The molecule has 0 fully saturated rings. The highest BCUT2D eigenvalue weighted by Gasteiger charge is 2.05. The van der Waals surface area contributed by atoms with Crippen LogP contribution in [0.25, 0.3) is 0 Å². The highest BCUT2D eigenvalue weighted by atomic mass is 35.5. The number of hydrogen-bond acceptors (Lipinski definition) is 2. The van der Waals surface area contributed by atoms with Crippen LogP contribution in [0, 0.1) is 0 Å². The summed E-state index contributed by atoms with van der Waals surface area (Å²) in [5, 5.41) is 0.666. The number of hydrogen-bond donors (Lipinski definition) is 0. The lowest BCUT2D eigenvalue weighted by Gasteiger charge is -2.02. The number of ether oxygens (including phenoxy) is 1. The number of fused-ring (bicyclic) bond motifs is 1. The Labute approximate surface area is 99.2 Å². The molecule has 0 atom stereocenters. The SMILES string of the molecule is C=C/C=C\C1=COc2ccc(Cl)cc2C=N1. The molecular formula is C13H10ClNO. The van der Waals surface area contributed by atoms with Crippen LogP contribution in [-0.4, -0.2) is 6.21 Å². The summed E-state index contributed by atoms with van der Waals surface area (Å²) in [6.07, 6.45) is 8.63. The zero-order valence-corrected chi connectivity index (χ0v) is 9.32. The van der Waals surface area contributed by atoms with Crippen molar-refractivity contribution in [3.05, 3.63) is 65.6 Å². The third kappa shape index (κ3) is 2.41. The van der Waals surface area contributed by atoms with Gasteiger partial charge in [-0.25, -0.2) is 0 Å². The molecule has 2 nitrogen and oxygen atoms in total. The summed E-state index contributed by atoms with van der Waals surface area (Å²) < 4.78 is 5.48. The van der Waals surface area contributed by atoms with E-state index in [1.165, 1.54) is 0 Å². The van der Waals surface area contributed by atoms with E-state index < -0.39 is 0 Å². The van der Waals surface area contributed by atoms with Crippen molar-refractivity contribution in [2.24, 2.45) is 4.99 Å². The molecule has 0 bridgehead atoms. The first-order chi connectivity index (χ1) is 7.79. The lowest BCUT2D eigenvalue weighted by molar-refractivity contribution is 0.478. The fourth-order valence-electron chi connectivity index (χ4n) is 1.27. The molecule has 0 saturated heterocycles. The van der Waals surface area contributed by atoms with Crippen LogP contribution in [0.1, 0.15) is 5.56 Å². The second kappa shape index (κ2) is 4.81. The Bertz CT molecular complexity index is 501. The summed E-state index contributed by atoms with van der Waals surface area (Å²) >= 11 is 5.89. The van der Waals surface area contributed by atoms with Gasteiger partial charge in [-0.15, -0.1) is 0 Å². The average molecular weight is 232 g/mol. The Morgan fingerprint density at radius 1 is 1.38 bits per heavy atom. The van der Waals surface area contributed by atoms with Gasteiger partial charge >= 0.3 is 0 Å². The predicted octanol–water partition coefficient (Wildman–Crippen LogP) is 3.73. The second-order valence-corrected chi connectivity index (χ2v) is 3.63. The van der Waals surface area contributed by atoms with Gasteiger partial charge in [0.15, 0.2) is 0 Å². The van der Waals surface area contributed by atoms with Crippen LogP contribution in [0.15, 0.2) is 60.0 Å². The lowest BCUT2D eigenvalue weighted by atomic mass is 10.2. The van der Waals surface area contributed by atoms with E-state index in [0.717, 1.165) is 17.0 Å². The van der Waals surface area contributed by atoms with Crippen molar-refractivity contribution >= 4 is 17.8 Å². The molecule has 0 aromatic heterocycles. The molecular weight excluding hydrogens is 222 g/mol. The van der Waals surface area contributed by atoms with E-state index in [1.807, 2.05) is 18.2 Å². The number of nitrogens with zero attached hydrogens (tertiary/aromatic N) is 1. The quantitative estimate of drug-likeness (QED) is 0.711. The van der Waals surface area contributed by atoms with E-state index in [-0.39, 0.29) is 0 Å². The number of halogens is 1. The van der Waals surface area contributed by atoms with Gasteiger partial charge in [0, 0.05) is 16.8 Å². The minimum atomic E-state index is 0.666. The van der Waals surface area contributed by atoms with Gasteiger partial charge in [-0.05, 0) is 24.3 Å². The lowest BCUT2D eigenvalue weighted by Crippen LogP contribution is -1.87. The fourth-order valence-corrected chi connectivity index (χ4v) is 1.46. The number of rotatable bonds is 2. The first-order valence-electron chi connectivity index (χ1n) is 4.79. The van der Waals surface area contributed by atoms with Crippen LogP contribution in [0.4, 0.5) is 0 Å². The highest BCUT2D eigenvalue weighted by molar-refractivity contribution is 6.30. The molecule has 1 aliphatic heterocycles. The van der Waals surface area contributed by atoms with Crippen molar-refractivity contribution in [3.63, 3.8) is 0 Å². The number of benzene rings is 1. The van der Waals surface area contributed by atoms with Crippen molar-refractivity contribution in [2.45, 2.75) is 0 Å². The first-order valence-corrected chi connectivity index (χ1v) is 5.17. The molecule has 1 aliphatic rings. The van der Waals surface area contributed by atoms with Crippen LogP contribution < -0.4 is 4.74 Å². The average Bonchev–Trinajstić information content (AvgIpc) is 2.48. The molecule has 2 rings (SSSR count). The third-order valence-corrected chi connectivity index (χ3v) is 2.27. The van der Waals surface area contributed by atoms with Gasteiger partial charge in [0.05, 0.1) is 5.70 Å². The van der Waals surface area contributed by atoms with Crippen molar-refractivity contribution in [2.75, 3.05) is 0 Å². The molecule has 0 unspecified atom stereocenters. The maximum Gasteiger partial charge on any atom is 0.135 e. The second-order valence-electron chi connectivity index (χ2n) is 3.20. The van der Waals surface area contributed by atoms with Crippen LogP contribution >= 0.6 is 11.6 Å². The Morgan fingerprint density at radius 3 is 3.06 bits per heavy atom. The molecule has 1 aromatic carbocycles. The van der Waals surface area contributed by atoms with Crippen molar-refractivity contribution in [3.8, 4) is 5.75 Å². The minimum Gasteiger partial charge on any atom is -0.462 e. The predicted molar refractivity (Wildman–Crippen MR) is 67.1 cm³/mol. The summed E-state index contributed by atoms with van der Waals surface area (Å²) in [6.45, 7) is 3.60. The summed E-state index contributed by atoms with van der Waals surface area (Å²) in [5.41, 5.74) is 1.60. The van der Waals surface area contributed by atoms with Crippen LogP contribution in [0.3, 0.4) is 0 Å². The number of aliphatic imine (C=N–C) groups is 1. The van der Waals surface area contributed by atoms with Gasteiger partial charge in [-0.1, -0.05) is 30.3 Å². The van der Waals surface area contributed by atoms with E-state index in [2.05, 4.69) is 11.6 Å². The molecule has 0 radical (unpaired) electrons. The molecule has 0 amide bonds. The van der Waals surface area contributed by atoms with Gasteiger partial charge < -0.3 is 4.74 Å². The number of allylic oxidation sites excluding steroid dienone is 3. The van der Waals surface area contributed by atoms with Gasteiger partial charge in [0.2, 0.25) is 0 Å². The molecule has 3 heteroatoms. The Morgan fingerprint density at radius 2 is 2.25 bits per heavy atom. The van der Waals surface area contributed by atoms with E-state index >= 15 is 0 Å². The van der Waals surface area contributed by atoms with Crippen LogP contribution in [0.5, 0.6) is 5.75 Å². The van der Waals surface area contributed by atoms with E-state index in [4.69, 9.17) is 16.3 Å². The fraction of sp³-hybridized carbons (Fsp3) is 0. The van der Waals surface area contributed by atoms with Crippen LogP contribution in [-0.2, 0) is 0 Å². The molecule has 0 N–H and O–H groups in total. The third-order valence-electron chi connectivity index (χ3n) is 2.03. The minimum absolute atomic E-state index is 0.666. The maximum absolute atomic E-state index is 5.89. The smallest absolute Gasteiger partial charge is 0.135 e. The van der Waals surface area contributed by atoms with Crippen molar-refractivity contribution < 1.29 is 4.74 Å². The van der Waals surface area contributed by atoms with Crippen molar-refractivity contribution in [1.82, 2.24) is 0 Å². The van der Waals surface area contributed by atoms with Gasteiger partial charge in [-0.3, -0.25) is 4.99 Å². The largest absolute Gasteiger partial charge is 0.462 e. The topological polar surface area (TPSA) is 21.6 Å². The Hall–Kier alpha value is -1.80. The van der Waals surface area contributed by atoms with E-state index in [9.17, 15) is 0 Å². The van der Waals surface area contributed by atoms with E-state index in [1.54, 1.807) is 30.7 Å². The maximum atomic E-state index is 5.89. The summed E-state index contributed by atoms with van der Waals surface area (Å²) in [5.74, 6) is 0.746. The summed E-state index contributed by atoms with van der Waals surface area (Å²) in [4.78, 5) is 4.26. The molecule has 1 heterocycles. The van der Waals surface area contributed by atoms with E-state index in [0.29, 0.717) is 5.02 Å². The monoisotopic (exact) mass is 231 g/mol. The van der Waals surface area contributed by atoms with Gasteiger partial charge in [0.25, 0.3) is 0 Å². The van der Waals surface area contributed by atoms with Crippen LogP contribution in [0.2, 0.25) is 5.02 Å². The van der Waals surface area contributed by atoms with Gasteiger partial charge in [0.1, 0.15) is 12.0 Å². The molecule has 1 aromatic rings. The zero-order chi connectivity index (χ0) is 11.4. The normalized spacial score (nSPS) is 13.9. The molecule has 0 aliphatic carbocycles.